The fourth-order valence-corrected chi connectivity index (χ4v) is 6.44. The van der Waals surface area contributed by atoms with Crippen LogP contribution in [0.2, 0.25) is 0 Å². The lowest BCUT2D eigenvalue weighted by atomic mass is 9.71. The van der Waals surface area contributed by atoms with Crippen LogP contribution in [0.3, 0.4) is 0 Å². The van der Waals surface area contributed by atoms with E-state index in [1.54, 1.807) is 19.2 Å². The second-order valence-electron chi connectivity index (χ2n) is 11.1. The molecule has 1 aromatic rings. The summed E-state index contributed by atoms with van der Waals surface area (Å²) in [6.07, 6.45) is 6.06. The highest BCUT2D eigenvalue weighted by molar-refractivity contribution is 6.06. The normalized spacial score (nSPS) is 24.8. The minimum atomic E-state index is -0.718. The lowest BCUT2D eigenvalue weighted by molar-refractivity contribution is -0.136. The number of carbonyl (C=O) groups is 4. The molecule has 4 fully saturated rings. The van der Waals surface area contributed by atoms with E-state index in [2.05, 4.69) is 20.4 Å². The zero-order valence-corrected chi connectivity index (χ0v) is 21.1. The number of benzene rings is 1. The quantitative estimate of drug-likeness (QED) is 0.453. The summed E-state index contributed by atoms with van der Waals surface area (Å²) in [5.41, 5.74) is 1.99. The molecule has 5 rings (SSSR count). The molecule has 0 aromatic heterocycles. The summed E-state index contributed by atoms with van der Waals surface area (Å²) in [6.45, 7) is 7.83. The number of hydrogen-bond donors (Lipinski definition) is 2. The van der Waals surface area contributed by atoms with Crippen LogP contribution in [0, 0.1) is 11.3 Å². The van der Waals surface area contributed by atoms with Gasteiger partial charge in [0.2, 0.25) is 11.8 Å². The molecule has 4 saturated heterocycles. The van der Waals surface area contributed by atoms with Crippen LogP contribution < -0.4 is 15.5 Å². The zero-order valence-electron chi connectivity index (χ0n) is 21.1. The van der Waals surface area contributed by atoms with Gasteiger partial charge in [-0.3, -0.25) is 24.5 Å². The summed E-state index contributed by atoms with van der Waals surface area (Å²) in [5.74, 6) is -0.353. The third-order valence-electron chi connectivity index (χ3n) is 8.67. The summed E-state index contributed by atoms with van der Waals surface area (Å²) in [6, 6.07) is 4.67. The Bertz CT molecular complexity index is 1020. The highest BCUT2D eigenvalue weighted by Crippen LogP contribution is 2.42. The van der Waals surface area contributed by atoms with Crippen molar-refractivity contribution in [3.8, 4) is 0 Å². The van der Waals surface area contributed by atoms with Crippen molar-refractivity contribution in [2.75, 3.05) is 57.8 Å². The van der Waals surface area contributed by atoms with E-state index in [4.69, 9.17) is 0 Å². The summed E-state index contributed by atoms with van der Waals surface area (Å²) in [7, 11) is 1.54. The topological polar surface area (TPSA) is 102 Å². The molecule has 1 atom stereocenters. The average molecular weight is 496 g/mol. The smallest absolute Gasteiger partial charge is 0.255 e. The number of aldehydes is 1. The summed E-state index contributed by atoms with van der Waals surface area (Å²) in [4.78, 5) is 54.9. The largest absolute Gasteiger partial charge is 0.371 e. The number of carbonyl (C=O) groups excluding carboxylic acids is 4. The van der Waals surface area contributed by atoms with E-state index < -0.39 is 11.9 Å². The average Bonchev–Trinajstić information content (AvgIpc) is 2.87. The van der Waals surface area contributed by atoms with Gasteiger partial charge >= 0.3 is 0 Å². The van der Waals surface area contributed by atoms with Crippen molar-refractivity contribution in [3.63, 3.8) is 0 Å². The fraction of sp³-hybridized carbons (Fsp3) is 0.630. The van der Waals surface area contributed by atoms with Gasteiger partial charge < -0.3 is 20.0 Å². The van der Waals surface area contributed by atoms with Crippen molar-refractivity contribution in [2.24, 2.45) is 11.3 Å². The number of rotatable bonds is 6. The van der Waals surface area contributed by atoms with E-state index in [1.165, 1.54) is 37.4 Å². The SMILES string of the molecule is CN(C(=O)c1ccc(N2CCC3(CC2)CN(CC2CCNCC2)C3)cc1C=O)C1CCC(=O)NC1=O. The molecule has 9 nitrogen and oxygen atoms in total. The van der Waals surface area contributed by atoms with Gasteiger partial charge in [0.1, 0.15) is 6.04 Å². The monoisotopic (exact) mass is 495 g/mol. The molecule has 4 aliphatic heterocycles. The first kappa shape index (κ1) is 24.9. The number of likely N-dealkylation sites (N-methyl/N-ethyl adjacent to an activating group) is 1. The summed E-state index contributed by atoms with van der Waals surface area (Å²) >= 11 is 0. The van der Waals surface area contributed by atoms with Crippen molar-refractivity contribution in [3.05, 3.63) is 29.3 Å². The van der Waals surface area contributed by atoms with E-state index in [-0.39, 0.29) is 30.2 Å². The van der Waals surface area contributed by atoms with Crippen LogP contribution in [-0.2, 0) is 9.59 Å². The van der Waals surface area contributed by atoms with Gasteiger partial charge in [-0.2, -0.15) is 0 Å². The number of piperidine rings is 3. The first-order chi connectivity index (χ1) is 17.4. The number of nitrogens with zero attached hydrogens (tertiary/aromatic N) is 3. The Morgan fingerprint density at radius 1 is 1.14 bits per heavy atom. The Labute approximate surface area is 212 Å². The molecule has 0 bridgehead atoms. The third-order valence-corrected chi connectivity index (χ3v) is 8.67. The molecule has 0 radical (unpaired) electrons. The van der Waals surface area contributed by atoms with Gasteiger partial charge in [-0.05, 0) is 74.7 Å². The van der Waals surface area contributed by atoms with E-state index >= 15 is 0 Å². The maximum absolute atomic E-state index is 13.1. The predicted octanol–water partition coefficient (Wildman–Crippen LogP) is 1.28. The van der Waals surface area contributed by atoms with E-state index in [9.17, 15) is 19.2 Å². The Morgan fingerprint density at radius 3 is 2.53 bits per heavy atom. The second kappa shape index (κ2) is 10.3. The molecule has 0 aliphatic carbocycles. The molecule has 4 aliphatic rings. The number of anilines is 1. The highest BCUT2D eigenvalue weighted by atomic mass is 16.2. The fourth-order valence-electron chi connectivity index (χ4n) is 6.44. The van der Waals surface area contributed by atoms with Crippen LogP contribution in [-0.4, -0.2) is 92.7 Å². The van der Waals surface area contributed by atoms with Gasteiger partial charge in [-0.25, -0.2) is 0 Å². The molecule has 36 heavy (non-hydrogen) atoms. The van der Waals surface area contributed by atoms with E-state index in [1.807, 2.05) is 6.07 Å². The van der Waals surface area contributed by atoms with Crippen molar-refractivity contribution in [2.45, 2.75) is 44.6 Å². The first-order valence-corrected chi connectivity index (χ1v) is 13.3. The van der Waals surface area contributed by atoms with Crippen LogP contribution in [0.15, 0.2) is 18.2 Å². The van der Waals surface area contributed by atoms with Gasteiger partial charge in [0.05, 0.1) is 5.56 Å². The summed E-state index contributed by atoms with van der Waals surface area (Å²) < 4.78 is 0. The van der Waals surface area contributed by atoms with Gasteiger partial charge in [0.25, 0.3) is 5.91 Å². The van der Waals surface area contributed by atoms with Gasteiger partial charge in [-0.1, -0.05) is 0 Å². The van der Waals surface area contributed by atoms with Crippen LogP contribution >= 0.6 is 0 Å². The maximum Gasteiger partial charge on any atom is 0.255 e. The minimum absolute atomic E-state index is 0.194. The Kier molecular flexibility index (Phi) is 7.12. The summed E-state index contributed by atoms with van der Waals surface area (Å²) in [5, 5.41) is 5.73. The molecule has 0 saturated carbocycles. The molecule has 3 amide bonds. The van der Waals surface area contributed by atoms with Gasteiger partial charge in [-0.15, -0.1) is 0 Å². The third kappa shape index (κ3) is 5.04. The Morgan fingerprint density at radius 2 is 1.86 bits per heavy atom. The van der Waals surface area contributed by atoms with Crippen LogP contribution in [0.1, 0.15) is 59.2 Å². The molecule has 9 heteroatoms. The number of amides is 3. The maximum atomic E-state index is 13.1. The lowest BCUT2D eigenvalue weighted by Crippen LogP contribution is -2.61. The van der Waals surface area contributed by atoms with E-state index in [0.717, 1.165) is 50.6 Å². The molecule has 1 spiro atoms. The molecule has 1 aromatic carbocycles. The van der Waals surface area contributed by atoms with Crippen molar-refractivity contribution in [1.82, 2.24) is 20.4 Å². The van der Waals surface area contributed by atoms with Crippen molar-refractivity contribution < 1.29 is 19.2 Å². The second-order valence-corrected chi connectivity index (χ2v) is 11.1. The Balaban J connectivity index is 1.17. The van der Waals surface area contributed by atoms with Crippen LogP contribution in [0.5, 0.6) is 0 Å². The van der Waals surface area contributed by atoms with E-state index in [0.29, 0.717) is 17.3 Å². The first-order valence-electron chi connectivity index (χ1n) is 13.3. The number of imide groups is 1. The van der Waals surface area contributed by atoms with Crippen LogP contribution in [0.25, 0.3) is 0 Å². The molecular weight excluding hydrogens is 458 g/mol. The molecular formula is C27H37N5O4. The predicted molar refractivity (Wildman–Crippen MR) is 136 cm³/mol. The van der Waals surface area contributed by atoms with Crippen molar-refractivity contribution >= 4 is 29.7 Å². The van der Waals surface area contributed by atoms with Crippen molar-refractivity contribution in [1.29, 1.82) is 0 Å². The van der Waals surface area contributed by atoms with Gasteiger partial charge in [0, 0.05) is 57.4 Å². The minimum Gasteiger partial charge on any atom is -0.371 e. The molecule has 4 heterocycles. The van der Waals surface area contributed by atoms with Crippen LogP contribution in [0.4, 0.5) is 5.69 Å². The lowest BCUT2D eigenvalue weighted by Gasteiger charge is -2.55. The highest BCUT2D eigenvalue weighted by Gasteiger charge is 2.45. The Hall–Kier alpha value is -2.78. The zero-order chi connectivity index (χ0) is 25.3. The number of nitrogens with one attached hydrogen (secondary N) is 2. The van der Waals surface area contributed by atoms with Gasteiger partial charge in [0.15, 0.2) is 6.29 Å². The number of likely N-dealkylation sites (tertiary alicyclic amines) is 1. The molecule has 1 unspecified atom stereocenters. The molecule has 2 N–H and O–H groups in total. The standard InChI is InChI=1S/C27H37N5O4/c1-30(23-4-5-24(34)29-25(23)35)26(36)22-3-2-21(14-20(22)16-33)32-12-8-27(9-13-32)17-31(18-27)15-19-6-10-28-11-7-19/h2-3,14,16,19,23,28H,4-13,15,17-18H2,1H3,(H,29,34,35). The number of hydrogen-bond acceptors (Lipinski definition) is 7. The molecule has 194 valence electrons.